The summed E-state index contributed by atoms with van der Waals surface area (Å²) in [4.78, 5) is 15.3. The van der Waals surface area contributed by atoms with Gasteiger partial charge in [0, 0.05) is 19.3 Å². The molecule has 1 aromatic rings. The number of carbonyl (C=O) groups is 1. The summed E-state index contributed by atoms with van der Waals surface area (Å²) >= 11 is 0. The first-order valence-corrected chi connectivity index (χ1v) is 6.19. The number of aromatic carboxylic acids is 1. The first kappa shape index (κ1) is 12.8. The zero-order chi connectivity index (χ0) is 13.0. The van der Waals surface area contributed by atoms with Gasteiger partial charge in [-0.25, -0.2) is 9.78 Å². The number of ether oxygens (including phenoxy) is 1. The lowest BCUT2D eigenvalue weighted by Crippen LogP contribution is -2.25. The van der Waals surface area contributed by atoms with E-state index in [9.17, 15) is 9.90 Å². The number of pyridine rings is 1. The van der Waals surface area contributed by atoms with E-state index in [4.69, 9.17) is 4.74 Å². The molecule has 0 bridgehead atoms. The molecule has 98 valence electrons. The van der Waals surface area contributed by atoms with Crippen LogP contribution >= 0.6 is 0 Å². The van der Waals surface area contributed by atoms with Gasteiger partial charge in [0.1, 0.15) is 11.4 Å². The van der Waals surface area contributed by atoms with Crippen molar-refractivity contribution in [1.82, 2.24) is 4.98 Å². The third-order valence-electron chi connectivity index (χ3n) is 3.19. The van der Waals surface area contributed by atoms with Crippen LogP contribution in [0.25, 0.3) is 0 Å². The summed E-state index contributed by atoms with van der Waals surface area (Å²) in [6, 6.07) is 1.71. The quantitative estimate of drug-likeness (QED) is 0.854. The Morgan fingerprint density at radius 2 is 2.50 bits per heavy atom. The van der Waals surface area contributed by atoms with E-state index in [-0.39, 0.29) is 5.56 Å². The van der Waals surface area contributed by atoms with E-state index in [1.54, 1.807) is 19.2 Å². The highest BCUT2D eigenvalue weighted by molar-refractivity contribution is 5.94. The monoisotopic (exact) mass is 250 g/mol. The Kier molecular flexibility index (Phi) is 4.15. The third kappa shape index (κ3) is 2.98. The third-order valence-corrected chi connectivity index (χ3v) is 3.19. The highest BCUT2D eigenvalue weighted by Gasteiger charge is 2.17. The van der Waals surface area contributed by atoms with Crippen molar-refractivity contribution in [3.63, 3.8) is 0 Å². The molecule has 0 spiro atoms. The molecule has 5 nitrogen and oxygen atoms in total. The van der Waals surface area contributed by atoms with Crippen LogP contribution in [0.1, 0.15) is 28.8 Å². The fourth-order valence-electron chi connectivity index (χ4n) is 2.17. The molecule has 0 amide bonds. The predicted molar refractivity (Wildman–Crippen MR) is 68.0 cm³/mol. The molecule has 0 radical (unpaired) electrons. The van der Waals surface area contributed by atoms with Crippen molar-refractivity contribution in [2.45, 2.75) is 19.8 Å². The van der Waals surface area contributed by atoms with Crippen LogP contribution in [0.15, 0.2) is 12.3 Å². The largest absolute Gasteiger partial charge is 0.478 e. The molecule has 5 heteroatoms. The van der Waals surface area contributed by atoms with Crippen LogP contribution < -0.4 is 5.32 Å². The Morgan fingerprint density at radius 1 is 1.67 bits per heavy atom. The molecule has 0 aromatic carbocycles. The number of nitrogens with zero attached hydrogens (tertiary/aromatic N) is 1. The molecule has 1 saturated heterocycles. The number of carboxylic acid groups (broad SMARTS) is 1. The molecule has 1 atom stereocenters. The highest BCUT2D eigenvalue weighted by atomic mass is 16.5. The number of aromatic nitrogens is 1. The van der Waals surface area contributed by atoms with Crippen molar-refractivity contribution in [2.75, 3.05) is 25.1 Å². The number of hydrogen-bond acceptors (Lipinski definition) is 4. The maximum absolute atomic E-state index is 11.2. The Morgan fingerprint density at radius 3 is 3.17 bits per heavy atom. The van der Waals surface area contributed by atoms with Gasteiger partial charge in [0.2, 0.25) is 0 Å². The van der Waals surface area contributed by atoms with E-state index in [1.165, 1.54) is 0 Å². The maximum atomic E-state index is 11.2. The summed E-state index contributed by atoms with van der Waals surface area (Å²) in [5, 5.41) is 12.3. The first-order chi connectivity index (χ1) is 8.68. The average Bonchev–Trinajstić information content (AvgIpc) is 2.37. The van der Waals surface area contributed by atoms with Crippen molar-refractivity contribution in [2.24, 2.45) is 5.92 Å². The summed E-state index contributed by atoms with van der Waals surface area (Å²) in [7, 11) is 0. The van der Waals surface area contributed by atoms with Crippen molar-refractivity contribution >= 4 is 11.8 Å². The molecule has 1 fully saturated rings. The van der Waals surface area contributed by atoms with Gasteiger partial charge in [-0.15, -0.1) is 0 Å². The summed E-state index contributed by atoms with van der Waals surface area (Å²) < 4.78 is 5.40. The molecule has 18 heavy (non-hydrogen) atoms. The van der Waals surface area contributed by atoms with E-state index in [0.717, 1.165) is 31.6 Å². The molecule has 0 saturated carbocycles. The van der Waals surface area contributed by atoms with E-state index >= 15 is 0 Å². The van der Waals surface area contributed by atoms with Crippen molar-refractivity contribution in [3.05, 3.63) is 23.4 Å². The van der Waals surface area contributed by atoms with Gasteiger partial charge in [-0.3, -0.25) is 0 Å². The summed E-state index contributed by atoms with van der Waals surface area (Å²) in [6.07, 6.45) is 3.81. The molecule has 1 aromatic heterocycles. The van der Waals surface area contributed by atoms with E-state index in [0.29, 0.717) is 18.3 Å². The summed E-state index contributed by atoms with van der Waals surface area (Å²) in [5.74, 6) is -0.0567. The number of nitrogens with one attached hydrogen (secondary N) is 1. The van der Waals surface area contributed by atoms with Gasteiger partial charge in [0.05, 0.1) is 6.61 Å². The molecule has 2 rings (SSSR count). The summed E-state index contributed by atoms with van der Waals surface area (Å²) in [6.45, 7) is 4.05. The molecule has 0 aliphatic carbocycles. The second-order valence-corrected chi connectivity index (χ2v) is 4.62. The average molecular weight is 250 g/mol. The highest BCUT2D eigenvalue weighted by Crippen LogP contribution is 2.19. The van der Waals surface area contributed by atoms with E-state index in [2.05, 4.69) is 10.3 Å². The standard InChI is InChI=1S/C13H18N2O3/c1-9-4-5-14-12(11(9)13(16)17)15-7-10-3-2-6-18-8-10/h4-5,10H,2-3,6-8H2,1H3,(H,14,15)(H,16,17). The fourth-order valence-corrected chi connectivity index (χ4v) is 2.17. The van der Waals surface area contributed by atoms with Crippen LogP contribution in [0.3, 0.4) is 0 Å². The molecular formula is C13H18N2O3. The molecular weight excluding hydrogens is 232 g/mol. The molecule has 1 unspecified atom stereocenters. The molecule has 2 N–H and O–H groups in total. The lowest BCUT2D eigenvalue weighted by Gasteiger charge is -2.22. The van der Waals surface area contributed by atoms with Crippen LogP contribution in [0, 0.1) is 12.8 Å². The van der Waals surface area contributed by atoms with Crippen LogP contribution in [0.2, 0.25) is 0 Å². The minimum Gasteiger partial charge on any atom is -0.478 e. The predicted octanol–water partition coefficient (Wildman–Crippen LogP) is 1.93. The molecule has 1 aliphatic heterocycles. The minimum atomic E-state index is -0.942. The number of aryl methyl sites for hydroxylation is 1. The second-order valence-electron chi connectivity index (χ2n) is 4.62. The van der Waals surface area contributed by atoms with Crippen LogP contribution in [0.5, 0.6) is 0 Å². The first-order valence-electron chi connectivity index (χ1n) is 6.19. The topological polar surface area (TPSA) is 71.5 Å². The number of anilines is 1. The Balaban J connectivity index is 2.04. The Bertz CT molecular complexity index is 428. The van der Waals surface area contributed by atoms with Crippen molar-refractivity contribution < 1.29 is 14.6 Å². The molecule has 2 heterocycles. The van der Waals surface area contributed by atoms with Crippen molar-refractivity contribution in [1.29, 1.82) is 0 Å². The number of rotatable bonds is 4. The maximum Gasteiger partial charge on any atom is 0.339 e. The zero-order valence-corrected chi connectivity index (χ0v) is 10.5. The van der Waals surface area contributed by atoms with Gasteiger partial charge in [-0.2, -0.15) is 0 Å². The Labute approximate surface area is 106 Å². The minimum absolute atomic E-state index is 0.259. The lowest BCUT2D eigenvalue weighted by molar-refractivity contribution is 0.0594. The van der Waals surface area contributed by atoms with Gasteiger partial charge in [0.25, 0.3) is 0 Å². The molecule has 1 aliphatic rings. The summed E-state index contributed by atoms with van der Waals surface area (Å²) in [5.41, 5.74) is 0.981. The van der Waals surface area contributed by atoms with Crippen LogP contribution in [-0.4, -0.2) is 35.8 Å². The smallest absolute Gasteiger partial charge is 0.339 e. The van der Waals surface area contributed by atoms with Crippen LogP contribution in [0.4, 0.5) is 5.82 Å². The second kappa shape index (κ2) is 5.82. The van der Waals surface area contributed by atoms with E-state index in [1.807, 2.05) is 0 Å². The van der Waals surface area contributed by atoms with Crippen molar-refractivity contribution in [3.8, 4) is 0 Å². The van der Waals surface area contributed by atoms with Crippen LogP contribution in [-0.2, 0) is 4.74 Å². The lowest BCUT2D eigenvalue weighted by atomic mass is 10.0. The normalized spacial score (nSPS) is 19.5. The number of hydrogen-bond donors (Lipinski definition) is 2. The van der Waals surface area contributed by atoms with Gasteiger partial charge in [-0.05, 0) is 37.3 Å². The number of carboxylic acids is 1. The fraction of sp³-hybridized carbons (Fsp3) is 0.538. The van der Waals surface area contributed by atoms with E-state index < -0.39 is 5.97 Å². The SMILES string of the molecule is Cc1ccnc(NCC2CCCOC2)c1C(=O)O. The van der Waals surface area contributed by atoms with Gasteiger partial charge in [-0.1, -0.05) is 0 Å². The van der Waals surface area contributed by atoms with Gasteiger partial charge >= 0.3 is 5.97 Å². The van der Waals surface area contributed by atoms with Gasteiger partial charge in [0.15, 0.2) is 0 Å². The Hall–Kier alpha value is -1.62. The van der Waals surface area contributed by atoms with Gasteiger partial charge < -0.3 is 15.2 Å². The zero-order valence-electron chi connectivity index (χ0n) is 10.5.